The lowest BCUT2D eigenvalue weighted by Gasteiger charge is -2.03. The van der Waals surface area contributed by atoms with Gasteiger partial charge in [0.25, 0.3) is 0 Å². The molecule has 0 atom stereocenters. The van der Waals surface area contributed by atoms with Crippen molar-refractivity contribution in [3.05, 3.63) is 34.9 Å². The number of hydrogen-bond donors (Lipinski definition) is 1. The maximum atomic E-state index is 5.89. The van der Waals surface area contributed by atoms with Crippen LogP contribution in [0.3, 0.4) is 0 Å². The molecule has 1 N–H and O–H groups in total. The quantitative estimate of drug-likeness (QED) is 0.889. The Kier molecular flexibility index (Phi) is 3.05. The van der Waals surface area contributed by atoms with E-state index in [9.17, 15) is 0 Å². The predicted octanol–water partition coefficient (Wildman–Crippen LogP) is 2.35. The number of rotatable bonds is 3. The lowest BCUT2D eigenvalue weighted by atomic mass is 10.4. The number of aryl methyl sites for hydroxylation is 2. The highest BCUT2D eigenvalue weighted by molar-refractivity contribution is 6.32. The first-order valence-corrected chi connectivity index (χ1v) is 5.17. The summed E-state index contributed by atoms with van der Waals surface area (Å²) in [7, 11) is 0. The van der Waals surface area contributed by atoms with E-state index in [0.29, 0.717) is 23.3 Å². The molecule has 0 saturated carbocycles. The zero-order valence-electron chi connectivity index (χ0n) is 8.99. The van der Waals surface area contributed by atoms with Gasteiger partial charge in [-0.2, -0.15) is 0 Å². The molecule has 84 valence electrons. The molecule has 16 heavy (non-hydrogen) atoms. The van der Waals surface area contributed by atoms with Crippen LogP contribution in [0.4, 0.5) is 5.82 Å². The second-order valence-corrected chi connectivity index (χ2v) is 3.73. The van der Waals surface area contributed by atoms with Crippen LogP contribution in [-0.2, 0) is 6.54 Å². The van der Waals surface area contributed by atoms with Gasteiger partial charge >= 0.3 is 0 Å². The zero-order valence-corrected chi connectivity index (χ0v) is 9.75. The van der Waals surface area contributed by atoms with Crippen LogP contribution in [-0.4, -0.2) is 15.0 Å². The SMILES string of the molecule is Cc1nc(CNc2ncncc2Cl)oc1C. The second-order valence-electron chi connectivity index (χ2n) is 3.32. The summed E-state index contributed by atoms with van der Waals surface area (Å²) >= 11 is 5.89. The molecule has 5 nitrogen and oxygen atoms in total. The fraction of sp³-hybridized carbons (Fsp3) is 0.300. The Hall–Kier alpha value is -1.62. The fourth-order valence-electron chi connectivity index (χ4n) is 1.22. The summed E-state index contributed by atoms with van der Waals surface area (Å²) in [4.78, 5) is 12.0. The van der Waals surface area contributed by atoms with Gasteiger partial charge in [0.1, 0.15) is 22.9 Å². The Morgan fingerprint density at radius 1 is 1.44 bits per heavy atom. The number of nitrogens with zero attached hydrogens (tertiary/aromatic N) is 3. The van der Waals surface area contributed by atoms with E-state index < -0.39 is 0 Å². The van der Waals surface area contributed by atoms with Gasteiger partial charge in [0.05, 0.1) is 18.4 Å². The predicted molar refractivity (Wildman–Crippen MR) is 60.3 cm³/mol. The molecule has 0 bridgehead atoms. The normalized spacial score (nSPS) is 10.4. The van der Waals surface area contributed by atoms with E-state index in [1.807, 2.05) is 13.8 Å². The van der Waals surface area contributed by atoms with Gasteiger partial charge < -0.3 is 9.73 Å². The van der Waals surface area contributed by atoms with Crippen molar-refractivity contribution in [1.82, 2.24) is 15.0 Å². The van der Waals surface area contributed by atoms with Crippen molar-refractivity contribution in [2.75, 3.05) is 5.32 Å². The molecule has 0 radical (unpaired) electrons. The minimum absolute atomic E-state index is 0.450. The molecule has 0 aromatic carbocycles. The van der Waals surface area contributed by atoms with Crippen LogP contribution >= 0.6 is 11.6 Å². The van der Waals surface area contributed by atoms with Gasteiger partial charge in [-0.1, -0.05) is 11.6 Å². The van der Waals surface area contributed by atoms with Gasteiger partial charge in [0, 0.05) is 0 Å². The molecule has 0 spiro atoms. The number of aromatic nitrogens is 3. The highest BCUT2D eigenvalue weighted by Crippen LogP contribution is 2.17. The van der Waals surface area contributed by atoms with E-state index in [0.717, 1.165) is 11.5 Å². The van der Waals surface area contributed by atoms with Gasteiger partial charge in [-0.25, -0.2) is 15.0 Å². The minimum Gasteiger partial charge on any atom is -0.444 e. The molecule has 0 unspecified atom stereocenters. The van der Waals surface area contributed by atoms with Crippen molar-refractivity contribution in [2.24, 2.45) is 0 Å². The van der Waals surface area contributed by atoms with Crippen molar-refractivity contribution in [3.63, 3.8) is 0 Å². The molecular formula is C10H11ClN4O. The van der Waals surface area contributed by atoms with E-state index in [1.165, 1.54) is 12.5 Å². The molecule has 2 rings (SSSR count). The third-order valence-corrected chi connectivity index (χ3v) is 2.42. The molecule has 6 heteroatoms. The number of halogens is 1. The van der Waals surface area contributed by atoms with Crippen LogP contribution in [0.1, 0.15) is 17.3 Å². The van der Waals surface area contributed by atoms with E-state index >= 15 is 0 Å². The lowest BCUT2D eigenvalue weighted by molar-refractivity contribution is 0.478. The molecule has 0 saturated heterocycles. The van der Waals surface area contributed by atoms with Crippen molar-refractivity contribution >= 4 is 17.4 Å². The summed E-state index contributed by atoms with van der Waals surface area (Å²) in [6.07, 6.45) is 2.96. The maximum absolute atomic E-state index is 5.89. The number of anilines is 1. The Morgan fingerprint density at radius 2 is 2.25 bits per heavy atom. The Morgan fingerprint density at radius 3 is 2.88 bits per heavy atom. The smallest absolute Gasteiger partial charge is 0.213 e. The topological polar surface area (TPSA) is 63.8 Å². The highest BCUT2D eigenvalue weighted by atomic mass is 35.5. The Bertz CT molecular complexity index is 478. The summed E-state index contributed by atoms with van der Waals surface area (Å²) in [5.41, 5.74) is 0.894. The summed E-state index contributed by atoms with van der Waals surface area (Å²) < 4.78 is 5.42. The standard InChI is InChI=1S/C10H11ClN4O/c1-6-7(2)16-9(15-6)4-13-10-8(11)3-12-5-14-10/h3,5H,4H2,1-2H3,(H,12,13,14). The first-order valence-electron chi connectivity index (χ1n) is 4.79. The number of hydrogen-bond acceptors (Lipinski definition) is 5. The first-order chi connectivity index (χ1) is 7.66. The van der Waals surface area contributed by atoms with Gasteiger partial charge in [0.15, 0.2) is 0 Å². The second kappa shape index (κ2) is 4.49. The molecule has 0 aliphatic carbocycles. The van der Waals surface area contributed by atoms with Gasteiger partial charge in [-0.05, 0) is 13.8 Å². The van der Waals surface area contributed by atoms with Crippen LogP contribution in [0.2, 0.25) is 5.02 Å². The van der Waals surface area contributed by atoms with Gasteiger partial charge in [-0.15, -0.1) is 0 Å². The molecule has 0 amide bonds. The van der Waals surface area contributed by atoms with Gasteiger partial charge in [0.2, 0.25) is 5.89 Å². The average Bonchev–Trinajstić information content (AvgIpc) is 2.57. The minimum atomic E-state index is 0.450. The third kappa shape index (κ3) is 2.30. The van der Waals surface area contributed by atoms with Crippen LogP contribution < -0.4 is 5.32 Å². The fourth-order valence-corrected chi connectivity index (χ4v) is 1.39. The van der Waals surface area contributed by atoms with E-state index in [1.54, 1.807) is 0 Å². The monoisotopic (exact) mass is 238 g/mol. The van der Waals surface area contributed by atoms with E-state index in [-0.39, 0.29) is 0 Å². The maximum Gasteiger partial charge on any atom is 0.213 e. The summed E-state index contributed by atoms with van der Waals surface area (Å²) in [5.74, 6) is 2.01. The van der Waals surface area contributed by atoms with Crippen molar-refractivity contribution in [3.8, 4) is 0 Å². The zero-order chi connectivity index (χ0) is 11.5. The number of oxazole rings is 1. The first kappa shape index (κ1) is 10.9. The highest BCUT2D eigenvalue weighted by Gasteiger charge is 2.06. The molecule has 2 aromatic rings. The van der Waals surface area contributed by atoms with Crippen molar-refractivity contribution in [1.29, 1.82) is 0 Å². The molecule has 0 aliphatic heterocycles. The number of nitrogens with one attached hydrogen (secondary N) is 1. The summed E-state index contributed by atoms with van der Waals surface area (Å²) in [6.45, 7) is 4.23. The van der Waals surface area contributed by atoms with Crippen LogP contribution in [0, 0.1) is 13.8 Å². The summed E-state index contributed by atoms with van der Waals surface area (Å²) in [5, 5.41) is 3.50. The van der Waals surface area contributed by atoms with Crippen LogP contribution in [0.5, 0.6) is 0 Å². The van der Waals surface area contributed by atoms with E-state index in [4.69, 9.17) is 16.0 Å². The van der Waals surface area contributed by atoms with Crippen LogP contribution in [0.15, 0.2) is 16.9 Å². The molecule has 2 heterocycles. The van der Waals surface area contributed by atoms with Crippen molar-refractivity contribution < 1.29 is 4.42 Å². The largest absolute Gasteiger partial charge is 0.444 e. The average molecular weight is 239 g/mol. The van der Waals surface area contributed by atoms with Gasteiger partial charge in [-0.3, -0.25) is 0 Å². The van der Waals surface area contributed by atoms with E-state index in [2.05, 4.69) is 20.3 Å². The molecule has 0 aliphatic rings. The summed E-state index contributed by atoms with van der Waals surface area (Å²) in [6, 6.07) is 0. The molecule has 2 aromatic heterocycles. The Balaban J connectivity index is 2.05. The third-order valence-electron chi connectivity index (χ3n) is 2.15. The molecular weight excluding hydrogens is 228 g/mol. The Labute approximate surface area is 97.9 Å². The lowest BCUT2D eigenvalue weighted by Crippen LogP contribution is -2.02. The van der Waals surface area contributed by atoms with Crippen LogP contribution in [0.25, 0.3) is 0 Å². The molecule has 0 fully saturated rings. The van der Waals surface area contributed by atoms with Crippen molar-refractivity contribution in [2.45, 2.75) is 20.4 Å².